The summed E-state index contributed by atoms with van der Waals surface area (Å²) in [5.41, 5.74) is -3.31. The fraction of sp³-hybridized carbons (Fsp3) is 0.480. The fourth-order valence-corrected chi connectivity index (χ4v) is 5.67. The summed E-state index contributed by atoms with van der Waals surface area (Å²) in [5.74, 6) is 0.394. The van der Waals surface area contributed by atoms with E-state index >= 15 is 0 Å². The van der Waals surface area contributed by atoms with Gasteiger partial charge in [0.15, 0.2) is 5.82 Å². The molecule has 0 spiro atoms. The van der Waals surface area contributed by atoms with Crippen LogP contribution >= 0.6 is 12.4 Å². The topological polar surface area (TPSA) is 85.1 Å². The minimum atomic E-state index is -5.01. The molecule has 2 bridgehead atoms. The third kappa shape index (κ3) is 5.63. The van der Waals surface area contributed by atoms with Crippen molar-refractivity contribution in [3.05, 3.63) is 76.6 Å². The Balaban J connectivity index is 0.00000353. The zero-order valence-electron chi connectivity index (χ0n) is 20.6. The largest absolute Gasteiger partial charge is 0.416 e. The molecular weight excluding hydrogens is 552 g/mol. The average molecular weight is 578 g/mol. The van der Waals surface area contributed by atoms with Crippen molar-refractivity contribution in [2.75, 3.05) is 6.61 Å². The lowest BCUT2D eigenvalue weighted by Gasteiger charge is -2.43. The van der Waals surface area contributed by atoms with Gasteiger partial charge in [-0.2, -0.15) is 31.1 Å². The van der Waals surface area contributed by atoms with E-state index in [2.05, 4.69) is 20.7 Å². The molecule has 3 aromatic rings. The van der Waals surface area contributed by atoms with Crippen LogP contribution in [0.15, 0.2) is 48.5 Å². The number of aromatic nitrogens is 4. The Bertz CT molecular complexity index is 1260. The number of nitrogens with zero attached hydrogens (tertiary/aromatic N) is 4. The third-order valence-corrected chi connectivity index (χ3v) is 7.38. The first kappa shape index (κ1) is 29.2. The highest BCUT2D eigenvalue weighted by Crippen LogP contribution is 2.51. The minimum absolute atomic E-state index is 0. The highest BCUT2D eigenvalue weighted by atomic mass is 35.5. The monoisotopic (exact) mass is 577 g/mol. The Kier molecular flexibility index (Phi) is 8.01. The number of fused-ring (bicyclic) bond motifs is 2. The van der Waals surface area contributed by atoms with E-state index in [0.717, 1.165) is 5.56 Å². The summed E-state index contributed by atoms with van der Waals surface area (Å²) in [7, 11) is 1.65. The number of rotatable bonds is 6. The predicted octanol–water partition coefficient (Wildman–Crippen LogP) is 4.92. The molecule has 39 heavy (non-hydrogen) atoms. The molecule has 2 aliphatic rings. The van der Waals surface area contributed by atoms with Gasteiger partial charge in [0.2, 0.25) is 0 Å². The Hall–Kier alpha value is -2.74. The Morgan fingerprint density at radius 1 is 1.05 bits per heavy atom. The highest BCUT2D eigenvalue weighted by Gasteiger charge is 2.56. The summed E-state index contributed by atoms with van der Waals surface area (Å²) in [5, 5.41) is 26.2. The number of ether oxygens (including phenoxy) is 1. The lowest BCUT2D eigenvalue weighted by Crippen LogP contribution is -2.55. The van der Waals surface area contributed by atoms with E-state index in [1.807, 2.05) is 30.3 Å². The van der Waals surface area contributed by atoms with Crippen LogP contribution in [0.2, 0.25) is 0 Å². The van der Waals surface area contributed by atoms with Crippen molar-refractivity contribution in [3.8, 4) is 0 Å². The highest BCUT2D eigenvalue weighted by molar-refractivity contribution is 5.85. The standard InChI is InChI=1S/C25H25F6N5O2.ClH/c1-36-34-22(33-35-36)18-12-23(15-5-3-2-4-6-15)21(8-7-19(18)32-23)38-20(13-37)14-9-16(24(26,27)28)11-17(10-14)25(29,30)31;/h2-6,9-11,18-21,32,37H,7-8,12-13H2,1H3;1H/t18-,19+,20+,21-,23-;/m1./s1. The number of piperidine rings is 1. The molecule has 212 valence electrons. The molecule has 2 aromatic carbocycles. The van der Waals surface area contributed by atoms with Crippen molar-refractivity contribution >= 4 is 12.4 Å². The second-order valence-corrected chi connectivity index (χ2v) is 9.75. The van der Waals surface area contributed by atoms with Gasteiger partial charge in [-0.15, -0.1) is 22.6 Å². The molecule has 2 saturated heterocycles. The summed E-state index contributed by atoms with van der Waals surface area (Å²) < 4.78 is 87.1. The van der Waals surface area contributed by atoms with Crippen molar-refractivity contribution in [3.63, 3.8) is 0 Å². The van der Waals surface area contributed by atoms with E-state index in [1.54, 1.807) is 7.05 Å². The number of hydrogen-bond acceptors (Lipinski definition) is 6. The van der Waals surface area contributed by atoms with E-state index in [-0.39, 0.29) is 30.4 Å². The first-order valence-corrected chi connectivity index (χ1v) is 12.0. The van der Waals surface area contributed by atoms with Gasteiger partial charge >= 0.3 is 12.4 Å². The molecule has 5 rings (SSSR count). The number of benzene rings is 2. The van der Waals surface area contributed by atoms with Crippen LogP contribution in [0.4, 0.5) is 26.3 Å². The molecule has 1 aromatic heterocycles. The van der Waals surface area contributed by atoms with Gasteiger partial charge < -0.3 is 15.2 Å². The van der Waals surface area contributed by atoms with Crippen LogP contribution in [0.25, 0.3) is 0 Å². The van der Waals surface area contributed by atoms with Crippen molar-refractivity contribution in [1.29, 1.82) is 0 Å². The zero-order valence-corrected chi connectivity index (χ0v) is 21.4. The van der Waals surface area contributed by atoms with Gasteiger partial charge in [-0.3, -0.25) is 0 Å². The third-order valence-electron chi connectivity index (χ3n) is 7.38. The maximum atomic E-state index is 13.5. The molecule has 2 aliphatic heterocycles. The fourth-order valence-electron chi connectivity index (χ4n) is 5.67. The van der Waals surface area contributed by atoms with Crippen molar-refractivity contribution in [2.45, 2.75) is 61.3 Å². The quantitative estimate of drug-likeness (QED) is 0.405. The Labute approximate surface area is 226 Å². The van der Waals surface area contributed by atoms with Crippen LogP contribution in [0.1, 0.15) is 59.4 Å². The Morgan fingerprint density at radius 3 is 2.23 bits per heavy atom. The van der Waals surface area contributed by atoms with Gasteiger partial charge in [0, 0.05) is 12.0 Å². The molecule has 5 atom stereocenters. The molecule has 0 amide bonds. The van der Waals surface area contributed by atoms with Crippen LogP contribution in [-0.2, 0) is 29.7 Å². The van der Waals surface area contributed by atoms with Crippen molar-refractivity contribution in [2.24, 2.45) is 7.05 Å². The van der Waals surface area contributed by atoms with E-state index in [4.69, 9.17) is 4.74 Å². The molecule has 2 fully saturated rings. The number of aryl methyl sites for hydroxylation is 1. The average Bonchev–Trinajstić information content (AvgIpc) is 3.44. The maximum absolute atomic E-state index is 13.5. The number of aliphatic hydroxyl groups excluding tert-OH is 1. The van der Waals surface area contributed by atoms with E-state index in [9.17, 15) is 31.4 Å². The predicted molar refractivity (Wildman–Crippen MR) is 129 cm³/mol. The first-order chi connectivity index (χ1) is 17.9. The van der Waals surface area contributed by atoms with E-state index < -0.39 is 53.4 Å². The summed E-state index contributed by atoms with van der Waals surface area (Å²) in [6, 6.07) is 10.5. The number of halogens is 7. The molecule has 3 heterocycles. The first-order valence-electron chi connectivity index (χ1n) is 12.0. The molecule has 0 saturated carbocycles. The maximum Gasteiger partial charge on any atom is 0.416 e. The van der Waals surface area contributed by atoms with Crippen LogP contribution < -0.4 is 5.32 Å². The molecule has 2 N–H and O–H groups in total. The van der Waals surface area contributed by atoms with Gasteiger partial charge in [-0.25, -0.2) is 0 Å². The van der Waals surface area contributed by atoms with Gasteiger partial charge in [0.25, 0.3) is 0 Å². The molecular formula is C25H26ClF6N5O2. The van der Waals surface area contributed by atoms with Gasteiger partial charge in [-0.1, -0.05) is 30.3 Å². The molecule has 0 unspecified atom stereocenters. The zero-order chi connectivity index (χ0) is 27.3. The van der Waals surface area contributed by atoms with Gasteiger partial charge in [0.1, 0.15) is 6.10 Å². The SMILES string of the molecule is Cl.Cn1nnc([C@@H]2C[C@]3(c4ccccc4)N[C@H]2CC[C@H]3O[C@@H](CO)c2cc(C(F)(F)F)cc(C(F)(F)F)c2)n1. The Morgan fingerprint density at radius 2 is 1.69 bits per heavy atom. The minimum Gasteiger partial charge on any atom is -0.393 e. The van der Waals surface area contributed by atoms with E-state index in [0.29, 0.717) is 37.2 Å². The van der Waals surface area contributed by atoms with Crippen molar-refractivity contribution < 1.29 is 36.2 Å². The summed E-state index contributed by atoms with van der Waals surface area (Å²) in [4.78, 5) is 1.36. The molecule has 7 nitrogen and oxygen atoms in total. The normalized spacial score (nSPS) is 25.8. The van der Waals surface area contributed by atoms with Gasteiger partial charge in [-0.05, 0) is 53.8 Å². The second kappa shape index (κ2) is 10.7. The van der Waals surface area contributed by atoms with Gasteiger partial charge in [0.05, 0.1) is 36.4 Å². The van der Waals surface area contributed by atoms with Crippen LogP contribution in [0, 0.1) is 0 Å². The molecule has 0 aliphatic carbocycles. The number of nitrogens with one attached hydrogen (secondary N) is 1. The number of tetrazole rings is 1. The van der Waals surface area contributed by atoms with Crippen LogP contribution in [-0.4, -0.2) is 44.1 Å². The van der Waals surface area contributed by atoms with Crippen LogP contribution in [0.5, 0.6) is 0 Å². The molecule has 0 radical (unpaired) electrons. The summed E-state index contributed by atoms with van der Waals surface area (Å²) in [6.45, 7) is -0.807. The second-order valence-electron chi connectivity index (χ2n) is 9.75. The summed E-state index contributed by atoms with van der Waals surface area (Å²) in [6.07, 6.45) is -10.6. The van der Waals surface area contributed by atoms with Crippen LogP contribution in [0.3, 0.4) is 0 Å². The lowest BCUT2D eigenvalue weighted by molar-refractivity contribution is -0.143. The molecule has 14 heteroatoms. The number of alkyl halides is 6. The number of hydrogen-bond donors (Lipinski definition) is 2. The number of aliphatic hydroxyl groups is 1. The summed E-state index contributed by atoms with van der Waals surface area (Å²) >= 11 is 0. The lowest BCUT2D eigenvalue weighted by atomic mass is 9.79. The van der Waals surface area contributed by atoms with Crippen molar-refractivity contribution in [1.82, 2.24) is 25.5 Å². The smallest absolute Gasteiger partial charge is 0.393 e. The van der Waals surface area contributed by atoms with E-state index in [1.165, 1.54) is 4.80 Å².